The maximum atomic E-state index is 11.7. The molecule has 2 aromatic heterocycles. The summed E-state index contributed by atoms with van der Waals surface area (Å²) in [5.41, 5.74) is 1.10. The molecule has 8 heteroatoms. The van der Waals surface area contributed by atoms with Crippen molar-refractivity contribution in [2.45, 2.75) is 45.7 Å². The number of carbonyl (C=O) groups is 1. The molecule has 2 aromatic rings. The molecule has 20 heavy (non-hydrogen) atoms. The van der Waals surface area contributed by atoms with Crippen LogP contribution in [0.1, 0.15) is 37.9 Å². The van der Waals surface area contributed by atoms with Gasteiger partial charge in [-0.1, -0.05) is 20.8 Å². The highest BCUT2D eigenvalue weighted by Gasteiger charge is 2.17. The van der Waals surface area contributed by atoms with Crippen molar-refractivity contribution in [3.8, 4) is 0 Å². The largest absolute Gasteiger partial charge is 0.350 e. The van der Waals surface area contributed by atoms with Crippen LogP contribution >= 0.6 is 11.3 Å². The first-order valence-corrected chi connectivity index (χ1v) is 7.25. The fourth-order valence-corrected chi connectivity index (χ4v) is 2.46. The van der Waals surface area contributed by atoms with Gasteiger partial charge in [0.2, 0.25) is 5.91 Å². The molecule has 0 saturated carbocycles. The van der Waals surface area contributed by atoms with Crippen LogP contribution in [0, 0.1) is 0 Å². The predicted octanol–water partition coefficient (Wildman–Crippen LogP) is 1.13. The minimum absolute atomic E-state index is 0.0343. The fourth-order valence-electron chi connectivity index (χ4n) is 1.50. The van der Waals surface area contributed by atoms with Gasteiger partial charge in [0.15, 0.2) is 0 Å². The van der Waals surface area contributed by atoms with E-state index in [1.54, 1.807) is 11.3 Å². The van der Waals surface area contributed by atoms with Crippen molar-refractivity contribution >= 4 is 17.2 Å². The normalized spacial score (nSPS) is 11.6. The summed E-state index contributed by atoms with van der Waals surface area (Å²) in [5, 5.41) is 16.5. The van der Waals surface area contributed by atoms with Crippen LogP contribution in [0.4, 0.5) is 0 Å². The Morgan fingerprint density at radius 2 is 2.25 bits per heavy atom. The van der Waals surface area contributed by atoms with E-state index < -0.39 is 0 Å². The van der Waals surface area contributed by atoms with Crippen LogP contribution in [0.3, 0.4) is 0 Å². The zero-order valence-corrected chi connectivity index (χ0v) is 12.6. The molecule has 1 amide bonds. The standard InChI is InChI=1S/C12H18N6OS/c1-12(2,3)9-7-20-11(15-9)6-13-10(19)4-5-18-8-14-16-17-18/h7-8H,4-6H2,1-3H3,(H,13,19). The van der Waals surface area contributed by atoms with Crippen molar-refractivity contribution in [2.24, 2.45) is 0 Å². The lowest BCUT2D eigenvalue weighted by molar-refractivity contribution is -0.121. The van der Waals surface area contributed by atoms with Crippen LogP contribution in [0.15, 0.2) is 11.7 Å². The first-order valence-electron chi connectivity index (χ1n) is 6.37. The van der Waals surface area contributed by atoms with Gasteiger partial charge in [0.25, 0.3) is 0 Å². The molecular formula is C12H18N6OS. The van der Waals surface area contributed by atoms with Gasteiger partial charge < -0.3 is 5.32 Å². The van der Waals surface area contributed by atoms with Gasteiger partial charge in [-0.2, -0.15) is 0 Å². The second-order valence-corrected chi connectivity index (χ2v) is 6.42. The van der Waals surface area contributed by atoms with Crippen molar-refractivity contribution in [1.82, 2.24) is 30.5 Å². The topological polar surface area (TPSA) is 85.6 Å². The van der Waals surface area contributed by atoms with E-state index in [0.29, 0.717) is 19.5 Å². The Hall–Kier alpha value is -1.83. The quantitative estimate of drug-likeness (QED) is 0.893. The second-order valence-electron chi connectivity index (χ2n) is 5.48. The van der Waals surface area contributed by atoms with Crippen LogP contribution in [0.5, 0.6) is 0 Å². The molecule has 0 saturated heterocycles. The Morgan fingerprint density at radius 1 is 1.45 bits per heavy atom. The lowest BCUT2D eigenvalue weighted by Gasteiger charge is -2.14. The average Bonchev–Trinajstić information content (AvgIpc) is 3.04. The number of hydrogen-bond donors (Lipinski definition) is 1. The van der Waals surface area contributed by atoms with E-state index in [2.05, 4.69) is 46.6 Å². The number of rotatable bonds is 5. The molecule has 0 aliphatic rings. The predicted molar refractivity (Wildman–Crippen MR) is 75.1 cm³/mol. The molecule has 0 spiro atoms. The summed E-state index contributed by atoms with van der Waals surface area (Å²) in [5.74, 6) is -0.0343. The number of nitrogens with one attached hydrogen (secondary N) is 1. The zero-order valence-electron chi connectivity index (χ0n) is 11.8. The Labute approximate surface area is 121 Å². The number of carbonyl (C=O) groups excluding carboxylic acids is 1. The third kappa shape index (κ3) is 4.09. The van der Waals surface area contributed by atoms with Gasteiger partial charge in [-0.05, 0) is 10.4 Å². The van der Waals surface area contributed by atoms with Gasteiger partial charge in [-0.15, -0.1) is 16.4 Å². The van der Waals surface area contributed by atoms with E-state index in [-0.39, 0.29) is 11.3 Å². The molecular weight excluding hydrogens is 276 g/mol. The number of aryl methyl sites for hydroxylation is 1. The van der Waals surface area contributed by atoms with Crippen molar-refractivity contribution in [3.63, 3.8) is 0 Å². The third-order valence-corrected chi connectivity index (χ3v) is 3.57. The summed E-state index contributed by atoms with van der Waals surface area (Å²) in [6, 6.07) is 0. The molecule has 0 aliphatic heterocycles. The van der Waals surface area contributed by atoms with E-state index in [4.69, 9.17) is 0 Å². The number of amides is 1. The highest BCUT2D eigenvalue weighted by Crippen LogP contribution is 2.23. The Balaban J connectivity index is 1.77. The maximum Gasteiger partial charge on any atom is 0.222 e. The fraction of sp³-hybridized carbons (Fsp3) is 0.583. The number of nitrogens with zero attached hydrogens (tertiary/aromatic N) is 5. The van der Waals surface area contributed by atoms with Crippen LogP contribution in [0.2, 0.25) is 0 Å². The van der Waals surface area contributed by atoms with Crippen LogP contribution in [-0.4, -0.2) is 31.1 Å². The zero-order chi connectivity index (χ0) is 14.6. The maximum absolute atomic E-state index is 11.7. The number of aromatic nitrogens is 5. The monoisotopic (exact) mass is 294 g/mol. The second kappa shape index (κ2) is 6.08. The number of hydrogen-bond acceptors (Lipinski definition) is 6. The van der Waals surface area contributed by atoms with E-state index in [1.807, 2.05) is 5.38 Å². The summed E-state index contributed by atoms with van der Waals surface area (Å²) in [7, 11) is 0. The summed E-state index contributed by atoms with van der Waals surface area (Å²) in [4.78, 5) is 16.2. The summed E-state index contributed by atoms with van der Waals surface area (Å²) in [6.07, 6.45) is 1.84. The van der Waals surface area contributed by atoms with E-state index in [9.17, 15) is 4.79 Å². The minimum atomic E-state index is -0.0343. The molecule has 1 N–H and O–H groups in total. The number of thiazole rings is 1. The molecule has 0 unspecified atom stereocenters. The van der Waals surface area contributed by atoms with Gasteiger partial charge in [0.1, 0.15) is 11.3 Å². The molecule has 0 aromatic carbocycles. The van der Waals surface area contributed by atoms with Gasteiger partial charge >= 0.3 is 0 Å². The molecule has 2 heterocycles. The van der Waals surface area contributed by atoms with Gasteiger partial charge in [-0.25, -0.2) is 9.67 Å². The molecule has 0 bridgehead atoms. The third-order valence-electron chi connectivity index (χ3n) is 2.72. The lowest BCUT2D eigenvalue weighted by atomic mass is 9.93. The van der Waals surface area contributed by atoms with Crippen LogP contribution < -0.4 is 5.32 Å². The van der Waals surface area contributed by atoms with Gasteiger partial charge in [-0.3, -0.25) is 4.79 Å². The summed E-state index contributed by atoms with van der Waals surface area (Å²) < 4.78 is 1.53. The molecule has 7 nitrogen and oxygen atoms in total. The summed E-state index contributed by atoms with van der Waals surface area (Å²) in [6.45, 7) is 7.31. The van der Waals surface area contributed by atoms with E-state index in [1.165, 1.54) is 11.0 Å². The van der Waals surface area contributed by atoms with E-state index >= 15 is 0 Å². The van der Waals surface area contributed by atoms with Gasteiger partial charge in [0, 0.05) is 17.2 Å². The smallest absolute Gasteiger partial charge is 0.222 e. The SMILES string of the molecule is CC(C)(C)c1csc(CNC(=O)CCn2cnnn2)n1. The Morgan fingerprint density at radius 3 is 2.85 bits per heavy atom. The Bertz CT molecular complexity index is 557. The first-order chi connectivity index (χ1) is 9.45. The average molecular weight is 294 g/mol. The first kappa shape index (κ1) is 14.6. The molecule has 0 aliphatic carbocycles. The van der Waals surface area contributed by atoms with Crippen LogP contribution in [-0.2, 0) is 23.3 Å². The van der Waals surface area contributed by atoms with Crippen molar-refractivity contribution in [2.75, 3.05) is 0 Å². The van der Waals surface area contributed by atoms with Crippen LogP contribution in [0.25, 0.3) is 0 Å². The van der Waals surface area contributed by atoms with Crippen molar-refractivity contribution in [3.05, 3.63) is 22.4 Å². The van der Waals surface area contributed by atoms with Crippen molar-refractivity contribution in [1.29, 1.82) is 0 Å². The lowest BCUT2D eigenvalue weighted by Crippen LogP contribution is -2.24. The molecule has 0 atom stereocenters. The highest BCUT2D eigenvalue weighted by atomic mass is 32.1. The molecule has 2 rings (SSSR count). The summed E-state index contributed by atoms with van der Waals surface area (Å²) >= 11 is 1.57. The minimum Gasteiger partial charge on any atom is -0.350 e. The number of tetrazole rings is 1. The van der Waals surface area contributed by atoms with Crippen molar-refractivity contribution < 1.29 is 4.79 Å². The van der Waals surface area contributed by atoms with E-state index in [0.717, 1.165) is 10.7 Å². The molecule has 108 valence electrons. The Kier molecular flexibility index (Phi) is 4.43. The molecule has 0 fully saturated rings. The highest BCUT2D eigenvalue weighted by molar-refractivity contribution is 7.09. The molecule has 0 radical (unpaired) electrons. The van der Waals surface area contributed by atoms with Gasteiger partial charge in [0.05, 0.1) is 18.8 Å².